The number of thiophene rings is 1. The molecule has 1 saturated carbocycles. The van der Waals surface area contributed by atoms with Gasteiger partial charge in [-0.1, -0.05) is 6.07 Å². The van der Waals surface area contributed by atoms with E-state index in [1.54, 1.807) is 18.3 Å². The third kappa shape index (κ3) is 2.58. The Labute approximate surface area is 93.7 Å². The van der Waals surface area contributed by atoms with Crippen molar-refractivity contribution in [2.45, 2.75) is 31.8 Å². The molecule has 2 unspecified atom stereocenters. The second kappa shape index (κ2) is 4.33. The van der Waals surface area contributed by atoms with E-state index in [1.807, 2.05) is 11.4 Å². The lowest BCUT2D eigenvalue weighted by atomic mass is 10.1. The highest BCUT2D eigenvalue weighted by molar-refractivity contribution is 7.10. The maximum absolute atomic E-state index is 11.5. The first-order chi connectivity index (χ1) is 7.18. The number of hydrogen-bond donors (Lipinski definition) is 2. The van der Waals surface area contributed by atoms with Crippen LogP contribution < -0.4 is 11.1 Å². The van der Waals surface area contributed by atoms with Crippen LogP contribution in [-0.2, 0) is 4.79 Å². The lowest BCUT2D eigenvalue weighted by Gasteiger charge is -2.18. The van der Waals surface area contributed by atoms with Crippen LogP contribution in [0.15, 0.2) is 17.5 Å². The molecule has 1 heterocycles. The van der Waals surface area contributed by atoms with E-state index < -0.39 is 6.04 Å². The summed E-state index contributed by atoms with van der Waals surface area (Å²) in [4.78, 5) is 12.8. The van der Waals surface area contributed by atoms with Crippen molar-refractivity contribution >= 4 is 17.2 Å². The second-order valence-corrected chi connectivity index (χ2v) is 5.11. The summed E-state index contributed by atoms with van der Waals surface area (Å²) in [5, 5.41) is 5.07. The smallest absolute Gasteiger partial charge is 0.237 e. The van der Waals surface area contributed by atoms with Gasteiger partial charge < -0.3 is 11.1 Å². The number of nitrogens with one attached hydrogen (secondary N) is 1. The van der Waals surface area contributed by atoms with Crippen LogP contribution >= 0.6 is 11.3 Å². The first-order valence-corrected chi connectivity index (χ1v) is 6.16. The third-order valence-corrected chi connectivity index (χ3v) is 3.61. The minimum Gasteiger partial charge on any atom is -0.347 e. The van der Waals surface area contributed by atoms with Crippen LogP contribution in [0.2, 0.25) is 0 Å². The van der Waals surface area contributed by atoms with Crippen molar-refractivity contribution in [3.63, 3.8) is 0 Å². The topological polar surface area (TPSA) is 55.1 Å². The summed E-state index contributed by atoms with van der Waals surface area (Å²) in [5.74, 6) is 0.562. The molecule has 1 aliphatic carbocycles. The molecule has 3 N–H and O–H groups in total. The van der Waals surface area contributed by atoms with Gasteiger partial charge in [0.25, 0.3) is 0 Å². The summed E-state index contributed by atoms with van der Waals surface area (Å²) in [5.41, 5.74) is 5.55. The number of carbonyl (C=O) groups is 1. The van der Waals surface area contributed by atoms with Crippen LogP contribution in [0, 0.1) is 5.92 Å². The quantitative estimate of drug-likeness (QED) is 0.817. The first kappa shape index (κ1) is 10.6. The molecule has 0 radical (unpaired) electrons. The molecule has 4 heteroatoms. The zero-order chi connectivity index (χ0) is 10.8. The third-order valence-electron chi connectivity index (χ3n) is 2.65. The van der Waals surface area contributed by atoms with Gasteiger partial charge in [-0.2, -0.15) is 0 Å². The van der Waals surface area contributed by atoms with Crippen LogP contribution in [0.1, 0.15) is 30.7 Å². The standard InChI is InChI=1S/C11H16N2OS/c1-7(12)11(14)13-10(8-4-5-8)9-3-2-6-15-9/h2-3,6-8,10H,4-5,12H2,1H3,(H,13,14). The number of hydrogen-bond acceptors (Lipinski definition) is 3. The summed E-state index contributed by atoms with van der Waals surface area (Å²) in [6, 6.07) is 3.86. The minimum absolute atomic E-state index is 0.0553. The fraction of sp³-hybridized carbons (Fsp3) is 0.545. The van der Waals surface area contributed by atoms with Gasteiger partial charge in [0.15, 0.2) is 0 Å². The Hall–Kier alpha value is -0.870. The molecule has 3 nitrogen and oxygen atoms in total. The van der Waals surface area contributed by atoms with Crippen molar-refractivity contribution < 1.29 is 4.79 Å². The molecule has 1 amide bonds. The average Bonchev–Trinajstić information content (AvgIpc) is 2.89. The summed E-state index contributed by atoms with van der Waals surface area (Å²) in [6.45, 7) is 1.72. The van der Waals surface area contributed by atoms with Gasteiger partial charge in [0.1, 0.15) is 0 Å². The monoisotopic (exact) mass is 224 g/mol. The van der Waals surface area contributed by atoms with Crippen LogP contribution in [0.3, 0.4) is 0 Å². The largest absolute Gasteiger partial charge is 0.347 e. The van der Waals surface area contributed by atoms with Gasteiger partial charge >= 0.3 is 0 Å². The van der Waals surface area contributed by atoms with Gasteiger partial charge in [0, 0.05) is 4.88 Å². The molecule has 0 bridgehead atoms. The Morgan fingerprint density at radius 1 is 1.67 bits per heavy atom. The summed E-state index contributed by atoms with van der Waals surface area (Å²) < 4.78 is 0. The van der Waals surface area contributed by atoms with Gasteiger partial charge in [-0.3, -0.25) is 4.79 Å². The molecule has 0 aromatic carbocycles. The molecule has 2 rings (SSSR count). The molecule has 1 fully saturated rings. The van der Waals surface area contributed by atoms with Crippen molar-refractivity contribution in [1.29, 1.82) is 0 Å². The van der Waals surface area contributed by atoms with Gasteiger partial charge in [0.05, 0.1) is 12.1 Å². The molecule has 1 aliphatic rings. The van der Waals surface area contributed by atoms with E-state index >= 15 is 0 Å². The van der Waals surface area contributed by atoms with E-state index in [1.165, 1.54) is 17.7 Å². The summed E-state index contributed by atoms with van der Waals surface area (Å²) in [7, 11) is 0. The van der Waals surface area contributed by atoms with Gasteiger partial charge in [0.2, 0.25) is 5.91 Å². The van der Waals surface area contributed by atoms with E-state index in [0.717, 1.165) is 0 Å². The number of nitrogens with two attached hydrogens (primary N) is 1. The molecule has 0 aliphatic heterocycles. The molecule has 0 saturated heterocycles. The van der Waals surface area contributed by atoms with E-state index in [-0.39, 0.29) is 11.9 Å². The average molecular weight is 224 g/mol. The van der Waals surface area contributed by atoms with Crippen molar-refractivity contribution in [3.05, 3.63) is 22.4 Å². The van der Waals surface area contributed by atoms with Gasteiger partial charge in [-0.25, -0.2) is 0 Å². The Bertz CT molecular complexity index is 330. The van der Waals surface area contributed by atoms with Crippen LogP contribution in [0.25, 0.3) is 0 Å². The van der Waals surface area contributed by atoms with Gasteiger partial charge in [-0.15, -0.1) is 11.3 Å². The highest BCUT2D eigenvalue weighted by Gasteiger charge is 2.34. The van der Waals surface area contributed by atoms with E-state index in [0.29, 0.717) is 5.92 Å². The predicted octanol–water partition coefficient (Wildman–Crippen LogP) is 1.66. The number of amides is 1. The molecule has 0 spiro atoms. The predicted molar refractivity (Wildman–Crippen MR) is 61.6 cm³/mol. The number of rotatable bonds is 4. The summed E-state index contributed by atoms with van der Waals surface area (Å²) in [6.07, 6.45) is 2.42. The molecule has 2 atom stereocenters. The molecular formula is C11H16N2OS. The van der Waals surface area contributed by atoms with Gasteiger partial charge in [-0.05, 0) is 37.1 Å². The first-order valence-electron chi connectivity index (χ1n) is 5.28. The maximum Gasteiger partial charge on any atom is 0.237 e. The van der Waals surface area contributed by atoms with Crippen molar-refractivity contribution in [2.75, 3.05) is 0 Å². The van der Waals surface area contributed by atoms with Crippen LogP contribution in [-0.4, -0.2) is 11.9 Å². The SMILES string of the molecule is CC(N)C(=O)NC(c1cccs1)C1CC1. The molecule has 1 aromatic heterocycles. The zero-order valence-corrected chi connectivity index (χ0v) is 9.59. The Balaban J connectivity index is 2.04. The van der Waals surface area contributed by atoms with E-state index in [9.17, 15) is 4.79 Å². The summed E-state index contributed by atoms with van der Waals surface area (Å²) >= 11 is 1.70. The molecule has 82 valence electrons. The Morgan fingerprint density at radius 2 is 2.40 bits per heavy atom. The van der Waals surface area contributed by atoms with Crippen molar-refractivity contribution in [3.8, 4) is 0 Å². The molecule has 1 aromatic rings. The normalized spacial score (nSPS) is 19.6. The molecular weight excluding hydrogens is 208 g/mol. The highest BCUT2D eigenvalue weighted by atomic mass is 32.1. The zero-order valence-electron chi connectivity index (χ0n) is 8.77. The van der Waals surface area contributed by atoms with Crippen LogP contribution in [0.4, 0.5) is 0 Å². The highest BCUT2D eigenvalue weighted by Crippen LogP contribution is 2.42. The van der Waals surface area contributed by atoms with Crippen molar-refractivity contribution in [1.82, 2.24) is 5.32 Å². The fourth-order valence-electron chi connectivity index (χ4n) is 1.60. The lowest BCUT2D eigenvalue weighted by molar-refractivity contribution is -0.122. The van der Waals surface area contributed by atoms with Crippen molar-refractivity contribution in [2.24, 2.45) is 11.7 Å². The lowest BCUT2D eigenvalue weighted by Crippen LogP contribution is -2.40. The second-order valence-electron chi connectivity index (χ2n) is 4.13. The fourth-order valence-corrected chi connectivity index (χ4v) is 2.47. The number of carbonyl (C=O) groups excluding carboxylic acids is 1. The minimum atomic E-state index is -0.425. The Morgan fingerprint density at radius 3 is 2.87 bits per heavy atom. The van der Waals surface area contributed by atoms with E-state index in [4.69, 9.17) is 5.73 Å². The Kier molecular flexibility index (Phi) is 3.07. The van der Waals surface area contributed by atoms with E-state index in [2.05, 4.69) is 11.4 Å². The molecule has 15 heavy (non-hydrogen) atoms. The maximum atomic E-state index is 11.5. The van der Waals surface area contributed by atoms with Crippen LogP contribution in [0.5, 0.6) is 0 Å².